The summed E-state index contributed by atoms with van der Waals surface area (Å²) in [4.78, 5) is 0. The van der Waals surface area contributed by atoms with Crippen molar-refractivity contribution in [1.29, 1.82) is 0 Å². The maximum absolute atomic E-state index is 7.46. The van der Waals surface area contributed by atoms with Crippen molar-refractivity contribution in [3.8, 4) is 0 Å². The zero-order valence-electron chi connectivity index (χ0n) is 38.0. The van der Waals surface area contributed by atoms with Gasteiger partial charge in [0.05, 0.1) is 32.5 Å². The Morgan fingerprint density at radius 3 is 1.36 bits per heavy atom. The molecule has 0 amide bonds. The second-order valence-electron chi connectivity index (χ2n) is 17.5. The Bertz CT molecular complexity index is 2260. The maximum atomic E-state index is 7.46. The van der Waals surface area contributed by atoms with Crippen LogP contribution in [0, 0.1) is 0 Å². The summed E-state index contributed by atoms with van der Waals surface area (Å²) in [6.07, 6.45) is -6.93. The maximum Gasteiger partial charge on any atom is 0.187 e. The zero-order valence-corrected chi connectivity index (χ0v) is 38.0. The second kappa shape index (κ2) is 21.3. The minimum atomic E-state index is -1.04. The van der Waals surface area contributed by atoms with Crippen LogP contribution in [0.25, 0.3) is 0 Å². The van der Waals surface area contributed by atoms with Gasteiger partial charge in [0.25, 0.3) is 0 Å². The summed E-state index contributed by atoms with van der Waals surface area (Å²) in [6.45, 7) is 6.74. The SMILES string of the molecule is CO[C@@H]1[C@@H](OCc2ccccc2)[C@H](O[C@@H]2[C@H]3OC(C)(C)O[C@H]3[C@H](OCc3ccccc3)O[C@H]2C)O[C@H](COC(c2ccccc2)(c2ccccc2)c2ccccc2)[C@H]1OCc1ccccc1. The molecule has 66 heavy (non-hydrogen) atoms. The lowest BCUT2D eigenvalue weighted by Crippen LogP contribution is -2.65. The molecule has 0 unspecified atom stereocenters. The molecule has 10 atom stereocenters. The van der Waals surface area contributed by atoms with Crippen molar-refractivity contribution in [2.75, 3.05) is 13.7 Å². The number of benzene rings is 6. The summed E-state index contributed by atoms with van der Waals surface area (Å²) >= 11 is 0. The van der Waals surface area contributed by atoms with Crippen LogP contribution < -0.4 is 0 Å². The molecule has 10 nitrogen and oxygen atoms in total. The van der Waals surface area contributed by atoms with Crippen molar-refractivity contribution in [2.45, 2.75) is 113 Å². The summed E-state index contributed by atoms with van der Waals surface area (Å²) in [5.74, 6) is -0.938. The lowest BCUT2D eigenvalue weighted by atomic mass is 9.80. The fraction of sp³-hybridized carbons (Fsp3) is 0.357. The van der Waals surface area contributed by atoms with Gasteiger partial charge in [0.15, 0.2) is 18.4 Å². The Hall–Kier alpha value is -5.08. The molecule has 0 spiro atoms. The normalized spacial score (nSPS) is 27.3. The fourth-order valence-electron chi connectivity index (χ4n) is 9.42. The minimum absolute atomic E-state index is 0.0775. The molecule has 0 aliphatic carbocycles. The second-order valence-corrected chi connectivity index (χ2v) is 17.5. The van der Waals surface area contributed by atoms with Crippen molar-refractivity contribution in [3.05, 3.63) is 215 Å². The van der Waals surface area contributed by atoms with Crippen LogP contribution in [0.3, 0.4) is 0 Å². The lowest BCUT2D eigenvalue weighted by molar-refractivity contribution is -0.359. The van der Waals surface area contributed by atoms with Crippen molar-refractivity contribution < 1.29 is 47.4 Å². The molecule has 0 aromatic heterocycles. The average molecular weight is 893 g/mol. The topological polar surface area (TPSA) is 92.3 Å². The van der Waals surface area contributed by atoms with E-state index in [1.807, 2.05) is 166 Å². The van der Waals surface area contributed by atoms with Gasteiger partial charge in [0, 0.05) is 7.11 Å². The largest absolute Gasteiger partial charge is 0.376 e. The summed E-state index contributed by atoms with van der Waals surface area (Å²) < 4.78 is 68.4. The van der Waals surface area contributed by atoms with E-state index in [4.69, 9.17) is 47.4 Å². The Balaban J connectivity index is 1.08. The molecular weight excluding hydrogens is 833 g/mol. The van der Waals surface area contributed by atoms with Crippen LogP contribution >= 0.6 is 0 Å². The van der Waals surface area contributed by atoms with E-state index in [0.717, 1.165) is 33.4 Å². The average Bonchev–Trinajstić information content (AvgIpc) is 3.70. The summed E-state index contributed by atoms with van der Waals surface area (Å²) in [5, 5.41) is 0. The van der Waals surface area contributed by atoms with Crippen LogP contribution in [0.2, 0.25) is 0 Å². The molecule has 6 aromatic carbocycles. The lowest BCUT2D eigenvalue weighted by Gasteiger charge is -2.49. The van der Waals surface area contributed by atoms with E-state index in [0.29, 0.717) is 13.2 Å². The standard InChI is InChI=1S/C56H60O10/c1-39-47(50-52(66-55(2,3)65-50)53(62-39)60-37-42-27-15-7-16-28-42)64-54-51(59-36-41-25-13-6-14-26-41)49(57-4)48(58-35-40-23-11-5-12-24-40)46(63-54)38-61-56(43-29-17-8-18-30-43,44-31-19-9-20-32-44)45-33-21-10-22-34-45/h5-34,39,46-54H,35-38H2,1-4H3/t39-,46+,47-,48+,49-,50+,51+,52+,53+,54-/m0/s1. The fourth-order valence-corrected chi connectivity index (χ4v) is 9.42. The number of hydrogen-bond acceptors (Lipinski definition) is 10. The molecule has 9 rings (SSSR count). The number of methoxy groups -OCH3 is 1. The van der Waals surface area contributed by atoms with Crippen LogP contribution in [0.15, 0.2) is 182 Å². The van der Waals surface area contributed by atoms with Crippen LogP contribution in [0.4, 0.5) is 0 Å². The quantitative estimate of drug-likeness (QED) is 0.0777. The third-order valence-electron chi connectivity index (χ3n) is 12.6. The van der Waals surface area contributed by atoms with Crippen LogP contribution in [0.1, 0.15) is 54.2 Å². The van der Waals surface area contributed by atoms with Crippen LogP contribution in [-0.4, -0.2) is 80.9 Å². The van der Waals surface area contributed by atoms with Gasteiger partial charge in [-0.15, -0.1) is 0 Å². The van der Waals surface area contributed by atoms with E-state index in [1.165, 1.54) is 0 Å². The number of ether oxygens (including phenoxy) is 10. The van der Waals surface area contributed by atoms with Crippen molar-refractivity contribution in [2.24, 2.45) is 0 Å². The highest BCUT2D eigenvalue weighted by molar-refractivity contribution is 5.47. The molecule has 0 saturated carbocycles. The molecule has 3 aliphatic heterocycles. The van der Waals surface area contributed by atoms with Gasteiger partial charge >= 0.3 is 0 Å². The first kappa shape index (κ1) is 46.0. The molecule has 3 saturated heterocycles. The molecule has 3 fully saturated rings. The molecule has 0 radical (unpaired) electrons. The summed E-state index contributed by atoms with van der Waals surface area (Å²) in [5.41, 5.74) is 4.86. The van der Waals surface area contributed by atoms with Crippen LogP contribution in [-0.2, 0) is 72.8 Å². The van der Waals surface area contributed by atoms with Crippen LogP contribution in [0.5, 0.6) is 0 Å². The molecule has 3 heterocycles. The molecule has 3 aliphatic rings. The first-order valence-corrected chi connectivity index (χ1v) is 22.9. The molecule has 0 N–H and O–H groups in total. The van der Waals surface area contributed by atoms with Gasteiger partial charge in [-0.1, -0.05) is 182 Å². The minimum Gasteiger partial charge on any atom is -0.376 e. The van der Waals surface area contributed by atoms with Gasteiger partial charge in [0.2, 0.25) is 0 Å². The first-order chi connectivity index (χ1) is 32.3. The van der Waals surface area contributed by atoms with E-state index in [1.54, 1.807) is 7.11 Å². The molecule has 344 valence electrons. The van der Waals surface area contributed by atoms with Crippen molar-refractivity contribution in [1.82, 2.24) is 0 Å². The highest BCUT2D eigenvalue weighted by atomic mass is 16.8. The first-order valence-electron chi connectivity index (χ1n) is 22.9. The monoisotopic (exact) mass is 892 g/mol. The zero-order chi connectivity index (χ0) is 45.4. The van der Waals surface area contributed by atoms with E-state index in [9.17, 15) is 0 Å². The van der Waals surface area contributed by atoms with Gasteiger partial charge in [-0.05, 0) is 54.2 Å². The highest BCUT2D eigenvalue weighted by Gasteiger charge is 2.58. The third-order valence-corrected chi connectivity index (χ3v) is 12.6. The van der Waals surface area contributed by atoms with E-state index < -0.39 is 72.8 Å². The van der Waals surface area contributed by atoms with Gasteiger partial charge in [-0.25, -0.2) is 0 Å². The molecule has 0 bridgehead atoms. The molecule has 6 aromatic rings. The Labute approximate surface area is 388 Å². The Kier molecular flexibility index (Phi) is 14.8. The van der Waals surface area contributed by atoms with E-state index in [2.05, 4.69) is 36.4 Å². The predicted molar refractivity (Wildman–Crippen MR) is 249 cm³/mol. The smallest absolute Gasteiger partial charge is 0.187 e. The van der Waals surface area contributed by atoms with Gasteiger partial charge in [-0.2, -0.15) is 0 Å². The Morgan fingerprint density at radius 1 is 0.470 bits per heavy atom. The van der Waals surface area contributed by atoms with Gasteiger partial charge < -0.3 is 47.4 Å². The number of rotatable bonds is 18. The van der Waals surface area contributed by atoms with E-state index in [-0.39, 0.29) is 13.2 Å². The highest BCUT2D eigenvalue weighted by Crippen LogP contribution is 2.44. The summed E-state index contributed by atoms with van der Waals surface area (Å²) in [7, 11) is 1.68. The van der Waals surface area contributed by atoms with Crippen molar-refractivity contribution >= 4 is 0 Å². The van der Waals surface area contributed by atoms with Crippen molar-refractivity contribution in [3.63, 3.8) is 0 Å². The third kappa shape index (κ3) is 10.4. The molecule has 10 heteroatoms. The predicted octanol–water partition coefficient (Wildman–Crippen LogP) is 9.77. The van der Waals surface area contributed by atoms with Gasteiger partial charge in [0.1, 0.15) is 48.3 Å². The number of hydrogen-bond donors (Lipinski definition) is 0. The summed E-state index contributed by atoms with van der Waals surface area (Å²) in [6, 6.07) is 61.0. The Morgan fingerprint density at radius 2 is 0.894 bits per heavy atom. The van der Waals surface area contributed by atoms with Gasteiger partial charge in [-0.3, -0.25) is 0 Å². The van der Waals surface area contributed by atoms with E-state index >= 15 is 0 Å². The number of fused-ring (bicyclic) bond motifs is 1. The molecular formula is C56H60O10.